The van der Waals surface area contributed by atoms with Crippen LogP contribution in [0, 0.1) is 0 Å². The Morgan fingerprint density at radius 1 is 0.525 bits per heavy atom. The van der Waals surface area contributed by atoms with Crippen LogP contribution in [0.1, 0.15) is 69.4 Å². The molecule has 2 atom stereocenters. The molecule has 286 valence electrons. The number of hydrogen-bond donors (Lipinski definition) is 0. The summed E-state index contributed by atoms with van der Waals surface area (Å²) in [5.74, 6) is 1.22. The van der Waals surface area contributed by atoms with Gasteiger partial charge in [0.1, 0.15) is 5.52 Å². The predicted molar refractivity (Wildman–Crippen MR) is 243 cm³/mol. The Hall–Kier alpha value is -6.59. The normalized spacial score (nSPS) is 18.7. The molecule has 5 heteroatoms. The maximum Gasteiger partial charge on any atom is 0.288 e. The fourth-order valence-electron chi connectivity index (χ4n) is 11.4. The highest BCUT2D eigenvalue weighted by Crippen LogP contribution is 2.63. The number of rotatable bonds is 2. The highest BCUT2D eigenvalue weighted by molar-refractivity contribution is 6.22. The summed E-state index contributed by atoms with van der Waals surface area (Å²) in [5.41, 5.74) is 17.4. The van der Waals surface area contributed by atoms with Crippen molar-refractivity contribution in [3.8, 4) is 22.6 Å². The van der Waals surface area contributed by atoms with Crippen LogP contribution in [0.3, 0.4) is 0 Å². The van der Waals surface area contributed by atoms with Crippen LogP contribution in [0.15, 0.2) is 146 Å². The molecule has 59 heavy (non-hydrogen) atoms. The standard InChI is InChI=1S/C54H46N5/c1-52(2,3)35-25-26-57-46(29-35)59-42-20-14-12-18-38(42)40-30-39-37-17-11-13-19-41(37)58-44-28-36(53(4,5)6)27-43-47(44)54(57,48(49(39)58)50(40)59)51-55(7)45(31-56(43)51)34-23-21-33(22-24-34)32-15-9-8-10-16-32/h8-31,51H,1-7H3/q+1. The van der Waals surface area contributed by atoms with Crippen molar-refractivity contribution in [2.75, 3.05) is 11.9 Å². The van der Waals surface area contributed by atoms with E-state index in [0.717, 1.165) is 0 Å². The Bertz CT molecular complexity index is 3350. The number of pyridine rings is 1. The first-order valence-corrected chi connectivity index (χ1v) is 21.1. The van der Waals surface area contributed by atoms with E-state index in [1.54, 1.807) is 0 Å². The third-order valence-electron chi connectivity index (χ3n) is 14.2. The molecule has 3 aromatic heterocycles. The molecule has 4 aliphatic heterocycles. The van der Waals surface area contributed by atoms with Gasteiger partial charge in [0.2, 0.25) is 5.54 Å². The van der Waals surface area contributed by atoms with Crippen molar-refractivity contribution in [1.82, 2.24) is 14.0 Å². The summed E-state index contributed by atoms with van der Waals surface area (Å²) in [6.45, 7) is 14.1. The topological polar surface area (TPSA) is 20.2 Å². The lowest BCUT2D eigenvalue weighted by molar-refractivity contribution is -0.743. The van der Waals surface area contributed by atoms with E-state index >= 15 is 0 Å². The molecule has 0 N–H and O–H groups in total. The molecule has 7 heterocycles. The van der Waals surface area contributed by atoms with Crippen molar-refractivity contribution in [2.45, 2.75) is 64.1 Å². The third-order valence-corrected chi connectivity index (χ3v) is 14.2. The Kier molecular flexibility index (Phi) is 6.06. The number of likely N-dealkylation sites (N-methyl/N-ethyl adjacent to an activating group) is 1. The fourth-order valence-corrected chi connectivity index (χ4v) is 11.4. The SMILES string of the molecule is CN1C(c2ccc(-c3ccccc3)cc2)=CN2c3cc(C(C)(C)C)cc4c3C3(c5c6c(cc7c8ccccc8n(c57)-c5cc(C(C)(C)C)cc[n+]53)c3ccccc3n6-4)C12. The summed E-state index contributed by atoms with van der Waals surface area (Å²) in [7, 11) is 2.34. The van der Waals surface area contributed by atoms with Gasteiger partial charge in [-0.3, -0.25) is 0 Å². The highest BCUT2D eigenvalue weighted by Gasteiger charge is 2.68. The summed E-state index contributed by atoms with van der Waals surface area (Å²) in [6, 6.07) is 50.5. The van der Waals surface area contributed by atoms with Gasteiger partial charge in [0, 0.05) is 40.9 Å². The summed E-state index contributed by atoms with van der Waals surface area (Å²) in [4.78, 5) is 5.23. The first-order valence-electron chi connectivity index (χ1n) is 21.1. The average Bonchev–Trinajstić information content (AvgIpc) is 3.95. The Labute approximate surface area is 344 Å². The molecule has 6 aromatic carbocycles. The van der Waals surface area contributed by atoms with E-state index < -0.39 is 5.54 Å². The molecule has 0 saturated heterocycles. The van der Waals surface area contributed by atoms with Crippen molar-refractivity contribution in [2.24, 2.45) is 0 Å². The van der Waals surface area contributed by atoms with E-state index in [-0.39, 0.29) is 17.0 Å². The number of hydrogen-bond acceptors (Lipinski definition) is 2. The number of benzene rings is 6. The van der Waals surface area contributed by atoms with Gasteiger partial charge in [-0.25, -0.2) is 4.57 Å². The second kappa shape index (κ2) is 10.7. The number of anilines is 1. The molecule has 2 unspecified atom stereocenters. The maximum atomic E-state index is 2.69. The number of aromatic nitrogens is 3. The molecule has 0 amide bonds. The zero-order valence-corrected chi connectivity index (χ0v) is 34.7. The molecule has 0 saturated carbocycles. The Morgan fingerprint density at radius 2 is 1.10 bits per heavy atom. The zero-order chi connectivity index (χ0) is 39.9. The second-order valence-corrected chi connectivity index (χ2v) is 19.4. The van der Waals surface area contributed by atoms with Crippen LogP contribution >= 0.6 is 0 Å². The molecule has 5 nitrogen and oxygen atoms in total. The van der Waals surface area contributed by atoms with Gasteiger partial charge in [-0.15, -0.1) is 0 Å². The number of nitrogens with zero attached hydrogens (tertiary/aromatic N) is 5. The minimum atomic E-state index is -0.601. The second-order valence-electron chi connectivity index (χ2n) is 19.4. The van der Waals surface area contributed by atoms with Crippen molar-refractivity contribution in [3.63, 3.8) is 0 Å². The van der Waals surface area contributed by atoms with Crippen LogP contribution < -0.4 is 9.47 Å². The van der Waals surface area contributed by atoms with Gasteiger partial charge in [0.25, 0.3) is 5.82 Å². The average molecular weight is 765 g/mol. The van der Waals surface area contributed by atoms with Gasteiger partial charge in [-0.2, -0.15) is 4.57 Å². The van der Waals surface area contributed by atoms with E-state index in [9.17, 15) is 0 Å². The Balaban J connectivity index is 1.21. The van der Waals surface area contributed by atoms with Gasteiger partial charge in [-0.05, 0) is 81.1 Å². The molecule has 9 aromatic rings. The summed E-state index contributed by atoms with van der Waals surface area (Å²) < 4.78 is 7.93. The van der Waals surface area contributed by atoms with Crippen molar-refractivity contribution in [1.29, 1.82) is 0 Å². The summed E-state index contributed by atoms with van der Waals surface area (Å²) in [5, 5.41) is 5.23. The smallest absolute Gasteiger partial charge is 0.288 e. The summed E-state index contributed by atoms with van der Waals surface area (Å²) >= 11 is 0. The van der Waals surface area contributed by atoms with E-state index in [4.69, 9.17) is 0 Å². The van der Waals surface area contributed by atoms with E-state index in [2.05, 4.69) is 218 Å². The molecular weight excluding hydrogens is 719 g/mol. The Morgan fingerprint density at radius 3 is 1.78 bits per heavy atom. The fraction of sp³-hybridized carbons (Fsp3) is 0.204. The molecule has 0 bridgehead atoms. The van der Waals surface area contributed by atoms with Gasteiger partial charge >= 0.3 is 0 Å². The van der Waals surface area contributed by atoms with Crippen molar-refractivity contribution in [3.05, 3.63) is 174 Å². The van der Waals surface area contributed by atoms with Crippen LogP contribution in [0.25, 0.3) is 71.9 Å². The molecule has 4 aliphatic rings. The largest absolute Gasteiger partial charge is 0.348 e. The van der Waals surface area contributed by atoms with Crippen LogP contribution in [-0.2, 0) is 16.4 Å². The lowest BCUT2D eigenvalue weighted by Gasteiger charge is -2.44. The lowest BCUT2D eigenvalue weighted by Crippen LogP contribution is -2.70. The quantitative estimate of drug-likeness (QED) is 0.163. The molecular formula is C54H46N5+. The van der Waals surface area contributed by atoms with Crippen LogP contribution in [0.4, 0.5) is 5.69 Å². The molecule has 1 spiro atoms. The minimum Gasteiger partial charge on any atom is -0.348 e. The molecule has 0 fully saturated rings. The first-order chi connectivity index (χ1) is 28.5. The molecule has 0 radical (unpaired) electrons. The zero-order valence-electron chi connectivity index (χ0n) is 34.7. The summed E-state index contributed by atoms with van der Waals surface area (Å²) in [6.07, 6.45) is 4.81. The van der Waals surface area contributed by atoms with Gasteiger partial charge in [-0.1, -0.05) is 126 Å². The lowest BCUT2D eigenvalue weighted by atomic mass is 9.74. The van der Waals surface area contributed by atoms with Crippen LogP contribution in [0.5, 0.6) is 0 Å². The van der Waals surface area contributed by atoms with Gasteiger partial charge in [0.05, 0.1) is 45.4 Å². The van der Waals surface area contributed by atoms with Gasteiger partial charge < -0.3 is 14.4 Å². The first kappa shape index (κ1) is 33.4. The molecule has 0 aliphatic carbocycles. The monoisotopic (exact) mass is 764 g/mol. The van der Waals surface area contributed by atoms with E-state index in [0.29, 0.717) is 0 Å². The van der Waals surface area contributed by atoms with E-state index in [1.165, 1.54) is 105 Å². The van der Waals surface area contributed by atoms with Crippen LogP contribution in [0.2, 0.25) is 0 Å². The third kappa shape index (κ3) is 3.94. The minimum absolute atomic E-state index is 0.0320. The maximum absolute atomic E-state index is 2.69. The molecule has 13 rings (SSSR count). The number of fused-ring (bicyclic) bond motifs is 11. The van der Waals surface area contributed by atoms with Crippen molar-refractivity contribution >= 4 is 55.0 Å². The van der Waals surface area contributed by atoms with Gasteiger partial charge in [0.15, 0.2) is 11.7 Å². The predicted octanol–water partition coefficient (Wildman–Crippen LogP) is 11.9. The number of para-hydroxylation sites is 2. The van der Waals surface area contributed by atoms with Crippen LogP contribution in [-0.4, -0.2) is 27.2 Å². The van der Waals surface area contributed by atoms with E-state index in [1.807, 2.05) is 0 Å². The highest BCUT2D eigenvalue weighted by atomic mass is 15.5. The van der Waals surface area contributed by atoms with Crippen molar-refractivity contribution < 1.29 is 4.57 Å².